The van der Waals surface area contributed by atoms with Crippen molar-refractivity contribution in [3.8, 4) is 0 Å². The number of nitrogens with zero attached hydrogens (tertiary/aromatic N) is 1. The van der Waals surface area contributed by atoms with E-state index in [-0.39, 0.29) is 5.75 Å². The molecule has 1 heterocycles. The van der Waals surface area contributed by atoms with Gasteiger partial charge >= 0.3 is 0 Å². The van der Waals surface area contributed by atoms with Crippen LogP contribution in [0.4, 0.5) is 10.8 Å². The van der Waals surface area contributed by atoms with Crippen molar-refractivity contribution in [3.63, 3.8) is 0 Å². The zero-order valence-corrected chi connectivity index (χ0v) is 12.6. The predicted octanol–water partition coefficient (Wildman–Crippen LogP) is 2.82. The zero-order chi connectivity index (χ0) is 14.9. The van der Waals surface area contributed by atoms with Gasteiger partial charge in [-0.1, -0.05) is 41.7 Å². The first-order chi connectivity index (χ1) is 10.0. The van der Waals surface area contributed by atoms with Gasteiger partial charge in [-0.3, -0.25) is 4.72 Å². The number of nitrogen functional groups attached to an aromatic ring is 1. The number of sulfonamides is 1. The fourth-order valence-corrected chi connectivity index (χ4v) is 4.28. The average molecular weight is 319 g/mol. The van der Waals surface area contributed by atoms with E-state index < -0.39 is 10.0 Å². The van der Waals surface area contributed by atoms with Crippen molar-refractivity contribution in [1.29, 1.82) is 0 Å². The Kier molecular flexibility index (Phi) is 3.52. The van der Waals surface area contributed by atoms with Gasteiger partial charge in [-0.25, -0.2) is 13.4 Å². The molecule has 0 aliphatic heterocycles. The van der Waals surface area contributed by atoms with Crippen LogP contribution in [0.1, 0.15) is 5.56 Å². The largest absolute Gasteiger partial charge is 0.399 e. The molecule has 0 fully saturated rings. The maximum atomic E-state index is 12.1. The van der Waals surface area contributed by atoms with E-state index in [9.17, 15) is 8.42 Å². The van der Waals surface area contributed by atoms with Gasteiger partial charge in [0, 0.05) is 5.69 Å². The maximum Gasteiger partial charge on any atom is 0.238 e. The van der Waals surface area contributed by atoms with Crippen molar-refractivity contribution in [2.75, 3.05) is 10.5 Å². The van der Waals surface area contributed by atoms with Crippen molar-refractivity contribution in [2.45, 2.75) is 5.75 Å². The fraction of sp³-hybridized carbons (Fsp3) is 0.0714. The Morgan fingerprint density at radius 3 is 2.67 bits per heavy atom. The van der Waals surface area contributed by atoms with Crippen molar-refractivity contribution in [2.24, 2.45) is 0 Å². The molecule has 3 N–H and O–H groups in total. The molecule has 108 valence electrons. The molecule has 0 unspecified atom stereocenters. The molecular formula is C14H13N3O2S2. The molecule has 7 heteroatoms. The Morgan fingerprint density at radius 1 is 1.14 bits per heavy atom. The van der Waals surface area contributed by atoms with E-state index in [1.165, 1.54) is 11.3 Å². The molecule has 0 atom stereocenters. The van der Waals surface area contributed by atoms with Crippen LogP contribution in [-0.4, -0.2) is 13.4 Å². The third-order valence-electron chi connectivity index (χ3n) is 2.85. The van der Waals surface area contributed by atoms with Crippen molar-refractivity contribution < 1.29 is 8.42 Å². The van der Waals surface area contributed by atoms with E-state index in [1.807, 2.05) is 18.2 Å². The standard InChI is InChI=1S/C14H13N3O2S2/c15-11-6-7-12-13(8-11)20-14(16-12)17-21(18,19)9-10-4-2-1-3-5-10/h1-8H,9,15H2,(H,16,17). The smallest absolute Gasteiger partial charge is 0.238 e. The number of thiazole rings is 1. The van der Waals surface area contributed by atoms with Gasteiger partial charge in [0.2, 0.25) is 10.0 Å². The highest BCUT2D eigenvalue weighted by Gasteiger charge is 2.14. The van der Waals surface area contributed by atoms with E-state index in [4.69, 9.17) is 5.73 Å². The molecule has 3 rings (SSSR count). The van der Waals surface area contributed by atoms with Gasteiger partial charge in [-0.05, 0) is 23.8 Å². The summed E-state index contributed by atoms with van der Waals surface area (Å²) in [5.41, 5.74) is 7.79. The first-order valence-electron chi connectivity index (χ1n) is 6.22. The van der Waals surface area contributed by atoms with Crippen molar-refractivity contribution >= 4 is 42.4 Å². The molecular weight excluding hydrogens is 306 g/mol. The maximum absolute atomic E-state index is 12.1. The van der Waals surface area contributed by atoms with E-state index in [2.05, 4.69) is 9.71 Å². The number of rotatable bonds is 4. The average Bonchev–Trinajstić information content (AvgIpc) is 2.79. The molecule has 0 bridgehead atoms. The molecule has 0 saturated heterocycles. The number of anilines is 2. The van der Waals surface area contributed by atoms with Crippen molar-refractivity contribution in [1.82, 2.24) is 4.98 Å². The third kappa shape index (κ3) is 3.32. The Hall–Kier alpha value is -2.12. The van der Waals surface area contributed by atoms with Crippen LogP contribution in [0.5, 0.6) is 0 Å². The molecule has 1 aromatic heterocycles. The highest BCUT2D eigenvalue weighted by molar-refractivity contribution is 7.92. The molecule has 0 aliphatic carbocycles. The van der Waals surface area contributed by atoms with E-state index in [1.54, 1.807) is 30.3 Å². The highest BCUT2D eigenvalue weighted by atomic mass is 32.2. The minimum absolute atomic E-state index is 0.0775. The number of benzene rings is 2. The lowest BCUT2D eigenvalue weighted by molar-refractivity contribution is 0.600. The summed E-state index contributed by atoms with van der Waals surface area (Å²) in [5, 5.41) is 0.353. The lowest BCUT2D eigenvalue weighted by Gasteiger charge is -2.04. The first-order valence-corrected chi connectivity index (χ1v) is 8.69. The lowest BCUT2D eigenvalue weighted by Crippen LogP contribution is -2.14. The SMILES string of the molecule is Nc1ccc2nc(NS(=O)(=O)Cc3ccccc3)sc2c1. The third-order valence-corrected chi connectivity index (χ3v) is 5.14. The minimum Gasteiger partial charge on any atom is -0.399 e. The Morgan fingerprint density at radius 2 is 1.90 bits per heavy atom. The molecule has 0 radical (unpaired) electrons. The lowest BCUT2D eigenvalue weighted by atomic mass is 10.2. The van der Waals surface area contributed by atoms with Crippen LogP contribution in [0, 0.1) is 0 Å². The predicted molar refractivity (Wildman–Crippen MR) is 86.7 cm³/mol. The Balaban J connectivity index is 1.83. The highest BCUT2D eigenvalue weighted by Crippen LogP contribution is 2.28. The number of fused-ring (bicyclic) bond motifs is 1. The second kappa shape index (κ2) is 5.34. The van der Waals surface area contributed by atoms with Crippen LogP contribution in [0.25, 0.3) is 10.2 Å². The van der Waals surface area contributed by atoms with E-state index in [0.717, 1.165) is 15.8 Å². The van der Waals surface area contributed by atoms with Crippen molar-refractivity contribution in [3.05, 3.63) is 54.1 Å². The van der Waals surface area contributed by atoms with Crippen LogP contribution in [0.2, 0.25) is 0 Å². The topological polar surface area (TPSA) is 85.1 Å². The number of nitrogens with one attached hydrogen (secondary N) is 1. The monoisotopic (exact) mass is 319 g/mol. The minimum atomic E-state index is -3.48. The molecule has 2 aromatic carbocycles. The normalized spacial score (nSPS) is 11.6. The number of hydrogen-bond donors (Lipinski definition) is 2. The summed E-state index contributed by atoms with van der Waals surface area (Å²) in [5.74, 6) is -0.0775. The summed E-state index contributed by atoms with van der Waals surface area (Å²) in [6, 6.07) is 14.3. The number of aromatic nitrogens is 1. The number of nitrogens with two attached hydrogens (primary N) is 1. The quantitative estimate of drug-likeness (QED) is 0.724. The van der Waals surface area contributed by atoms with Crippen LogP contribution < -0.4 is 10.5 Å². The first kappa shape index (κ1) is 13.8. The van der Waals surface area contributed by atoms with Gasteiger partial charge in [-0.2, -0.15) is 0 Å². The summed E-state index contributed by atoms with van der Waals surface area (Å²) in [7, 11) is -3.48. The molecule has 0 saturated carbocycles. The summed E-state index contributed by atoms with van der Waals surface area (Å²) >= 11 is 1.27. The van der Waals surface area contributed by atoms with Gasteiger partial charge in [0.1, 0.15) is 0 Å². The van der Waals surface area contributed by atoms with Gasteiger partial charge in [0.05, 0.1) is 16.0 Å². The summed E-state index contributed by atoms with van der Waals surface area (Å²) in [6.07, 6.45) is 0. The summed E-state index contributed by atoms with van der Waals surface area (Å²) in [6.45, 7) is 0. The molecule has 0 aliphatic rings. The summed E-state index contributed by atoms with van der Waals surface area (Å²) in [4.78, 5) is 4.25. The van der Waals surface area contributed by atoms with Crippen LogP contribution in [0.15, 0.2) is 48.5 Å². The Bertz CT molecular complexity index is 874. The van der Waals surface area contributed by atoms with E-state index >= 15 is 0 Å². The van der Waals surface area contributed by atoms with Crippen LogP contribution >= 0.6 is 11.3 Å². The van der Waals surface area contributed by atoms with Gasteiger partial charge in [-0.15, -0.1) is 0 Å². The van der Waals surface area contributed by atoms with Gasteiger partial charge in [0.25, 0.3) is 0 Å². The van der Waals surface area contributed by atoms with Gasteiger partial charge < -0.3 is 5.73 Å². The second-order valence-corrected chi connectivity index (χ2v) is 7.35. The Labute approximate surface area is 126 Å². The van der Waals surface area contributed by atoms with Crippen LogP contribution in [-0.2, 0) is 15.8 Å². The summed E-state index contributed by atoms with van der Waals surface area (Å²) < 4.78 is 27.7. The molecule has 0 spiro atoms. The molecule has 21 heavy (non-hydrogen) atoms. The fourth-order valence-electron chi connectivity index (χ4n) is 1.95. The molecule has 0 amide bonds. The zero-order valence-electron chi connectivity index (χ0n) is 11.0. The molecule has 3 aromatic rings. The van der Waals surface area contributed by atoms with Crippen LogP contribution in [0.3, 0.4) is 0 Å². The van der Waals surface area contributed by atoms with Gasteiger partial charge in [0.15, 0.2) is 5.13 Å². The second-order valence-electron chi connectivity index (χ2n) is 4.59. The van der Waals surface area contributed by atoms with E-state index in [0.29, 0.717) is 10.8 Å². The molecule has 5 nitrogen and oxygen atoms in total. The number of hydrogen-bond acceptors (Lipinski definition) is 5.